The van der Waals surface area contributed by atoms with Crippen LogP contribution in [0.2, 0.25) is 0 Å². The van der Waals surface area contributed by atoms with Crippen molar-refractivity contribution in [2.24, 2.45) is 0 Å². The van der Waals surface area contributed by atoms with Crippen molar-refractivity contribution in [1.82, 2.24) is 0 Å². The van der Waals surface area contributed by atoms with Crippen molar-refractivity contribution in [3.8, 4) is 0 Å². The summed E-state index contributed by atoms with van der Waals surface area (Å²) in [5, 5.41) is 18.5. The molecule has 1 unspecified atom stereocenters. The van der Waals surface area contributed by atoms with Crippen molar-refractivity contribution in [1.29, 1.82) is 0 Å². The fourth-order valence-electron chi connectivity index (χ4n) is 1.44. The maximum Gasteiger partial charge on any atom is 0.269 e. The van der Waals surface area contributed by atoms with Crippen LogP contribution in [0.5, 0.6) is 0 Å². The Morgan fingerprint density at radius 3 is 2.24 bits per heavy atom. The van der Waals surface area contributed by atoms with Crippen molar-refractivity contribution in [2.75, 3.05) is 12.4 Å². The maximum absolute atomic E-state index is 11.7. The first-order valence-corrected chi connectivity index (χ1v) is 6.70. The fraction of sp³-hybridized carbons (Fsp3) is 0.400. The summed E-state index contributed by atoms with van der Waals surface area (Å²) in [6.45, 7) is 0.956. The molecule has 0 aliphatic heterocycles. The molecule has 94 valence electrons. The number of non-ortho nitro benzene ring substituents is 1. The van der Waals surface area contributed by atoms with Crippen LogP contribution >= 0.6 is 0 Å². The van der Waals surface area contributed by atoms with E-state index in [0.717, 1.165) is 0 Å². The van der Waals surface area contributed by atoms with Crippen molar-refractivity contribution in [2.45, 2.75) is 12.2 Å². The molecule has 0 saturated carbocycles. The quantitative estimate of drug-likeness (QED) is 0.630. The minimum atomic E-state index is -3.42. The van der Waals surface area contributed by atoms with Gasteiger partial charge in [0.2, 0.25) is 0 Å². The van der Waals surface area contributed by atoms with Gasteiger partial charge < -0.3 is 5.11 Å². The van der Waals surface area contributed by atoms with Crippen LogP contribution in [0, 0.1) is 10.1 Å². The number of hydrogen-bond acceptors (Lipinski definition) is 5. The molecule has 1 rings (SSSR count). The molecular weight excluding hydrogens is 246 g/mol. The molecule has 0 saturated heterocycles. The highest BCUT2D eigenvalue weighted by molar-refractivity contribution is 7.91. The zero-order chi connectivity index (χ0) is 13.1. The van der Waals surface area contributed by atoms with E-state index < -0.39 is 26.6 Å². The van der Waals surface area contributed by atoms with Gasteiger partial charge in [0.1, 0.15) is 5.25 Å². The highest BCUT2D eigenvalue weighted by atomic mass is 32.2. The van der Waals surface area contributed by atoms with E-state index in [-0.39, 0.29) is 11.4 Å². The lowest BCUT2D eigenvalue weighted by atomic mass is 10.1. The summed E-state index contributed by atoms with van der Waals surface area (Å²) in [5.41, 5.74) is 0.249. The number of sulfone groups is 1. The number of nitro benzene ring substituents is 1. The minimum absolute atomic E-state index is 0.0881. The highest BCUT2D eigenvalue weighted by Crippen LogP contribution is 2.24. The summed E-state index contributed by atoms with van der Waals surface area (Å²) in [6.07, 6.45) is 0. The zero-order valence-electron chi connectivity index (χ0n) is 9.24. The lowest BCUT2D eigenvalue weighted by Gasteiger charge is -2.13. The lowest BCUT2D eigenvalue weighted by Crippen LogP contribution is -2.18. The van der Waals surface area contributed by atoms with E-state index in [1.54, 1.807) is 0 Å². The largest absolute Gasteiger partial charge is 0.395 e. The first-order valence-electron chi connectivity index (χ1n) is 4.99. The Bertz CT molecular complexity index is 494. The third kappa shape index (κ3) is 3.01. The number of nitro groups is 1. The van der Waals surface area contributed by atoms with Gasteiger partial charge in [0.25, 0.3) is 5.69 Å². The molecule has 1 aromatic carbocycles. The smallest absolute Gasteiger partial charge is 0.269 e. The Hall–Kier alpha value is -1.47. The van der Waals surface area contributed by atoms with E-state index in [1.165, 1.54) is 31.2 Å². The fourth-order valence-corrected chi connectivity index (χ4v) is 2.64. The Morgan fingerprint density at radius 2 is 1.88 bits per heavy atom. The Balaban J connectivity index is 3.10. The first kappa shape index (κ1) is 13.6. The Morgan fingerprint density at radius 1 is 1.35 bits per heavy atom. The number of nitrogens with zero attached hydrogens (tertiary/aromatic N) is 1. The second kappa shape index (κ2) is 5.24. The average Bonchev–Trinajstić information content (AvgIpc) is 2.30. The van der Waals surface area contributed by atoms with Crippen LogP contribution in [0.1, 0.15) is 17.7 Å². The summed E-state index contributed by atoms with van der Waals surface area (Å²) in [6, 6.07) is 5.16. The standard InChI is InChI=1S/C10H13NO5S/c1-2-17(15,16)10(7-12)8-3-5-9(6-4-8)11(13)14/h3-6,10,12H,2,7H2,1H3. The molecule has 6 nitrogen and oxygen atoms in total. The predicted octanol–water partition coefficient (Wildman–Crippen LogP) is 1.06. The predicted molar refractivity (Wildman–Crippen MR) is 62.4 cm³/mol. The van der Waals surface area contributed by atoms with Gasteiger partial charge >= 0.3 is 0 Å². The van der Waals surface area contributed by atoms with Crippen LogP contribution < -0.4 is 0 Å². The van der Waals surface area contributed by atoms with Gasteiger partial charge in [0.15, 0.2) is 9.84 Å². The van der Waals surface area contributed by atoms with Crippen LogP contribution in [-0.2, 0) is 9.84 Å². The first-order chi connectivity index (χ1) is 7.92. The van der Waals surface area contributed by atoms with Gasteiger partial charge in [-0.05, 0) is 5.56 Å². The Kier molecular flexibility index (Phi) is 4.19. The summed E-state index contributed by atoms with van der Waals surface area (Å²) in [4.78, 5) is 9.88. The third-order valence-electron chi connectivity index (χ3n) is 2.48. The van der Waals surface area contributed by atoms with Crippen LogP contribution in [0.4, 0.5) is 5.69 Å². The number of hydrogen-bond donors (Lipinski definition) is 1. The lowest BCUT2D eigenvalue weighted by molar-refractivity contribution is -0.384. The molecule has 0 aromatic heterocycles. The molecule has 0 aliphatic carbocycles. The van der Waals surface area contributed by atoms with Crippen molar-refractivity contribution in [3.63, 3.8) is 0 Å². The summed E-state index contributed by atoms with van der Waals surface area (Å²) in [7, 11) is -3.42. The molecule has 1 N–H and O–H groups in total. The molecular formula is C10H13NO5S. The topological polar surface area (TPSA) is 97.5 Å². The molecule has 0 amide bonds. The van der Waals surface area contributed by atoms with Crippen molar-refractivity contribution >= 4 is 15.5 Å². The van der Waals surface area contributed by atoms with Crippen molar-refractivity contribution < 1.29 is 18.4 Å². The van der Waals surface area contributed by atoms with Gasteiger partial charge in [0.05, 0.1) is 11.5 Å². The molecule has 0 spiro atoms. The summed E-state index contributed by atoms with van der Waals surface area (Å²) in [5.74, 6) is -0.0881. The van der Waals surface area contributed by atoms with Crippen LogP contribution in [0.3, 0.4) is 0 Å². The van der Waals surface area contributed by atoms with Crippen LogP contribution in [0.15, 0.2) is 24.3 Å². The molecule has 17 heavy (non-hydrogen) atoms. The average molecular weight is 259 g/mol. The van der Waals surface area contributed by atoms with Gasteiger partial charge in [-0.15, -0.1) is 0 Å². The number of benzene rings is 1. The molecule has 7 heteroatoms. The highest BCUT2D eigenvalue weighted by Gasteiger charge is 2.25. The zero-order valence-corrected chi connectivity index (χ0v) is 10.1. The third-order valence-corrected chi connectivity index (χ3v) is 4.57. The molecule has 0 bridgehead atoms. The number of rotatable bonds is 5. The normalized spacial score (nSPS) is 13.3. The number of aliphatic hydroxyl groups is 1. The maximum atomic E-state index is 11.7. The van der Waals surface area contributed by atoms with E-state index in [2.05, 4.69) is 0 Å². The SMILES string of the molecule is CCS(=O)(=O)C(CO)c1ccc([N+](=O)[O-])cc1. The van der Waals surface area contributed by atoms with E-state index in [9.17, 15) is 18.5 Å². The van der Waals surface area contributed by atoms with Gasteiger partial charge in [-0.25, -0.2) is 8.42 Å². The van der Waals surface area contributed by atoms with E-state index in [1.807, 2.05) is 0 Å². The summed E-state index contributed by atoms with van der Waals surface area (Å²) >= 11 is 0. The van der Waals surface area contributed by atoms with Gasteiger partial charge in [0, 0.05) is 17.9 Å². The van der Waals surface area contributed by atoms with Crippen LogP contribution in [0.25, 0.3) is 0 Å². The minimum Gasteiger partial charge on any atom is -0.395 e. The second-order valence-corrected chi connectivity index (χ2v) is 5.94. The monoisotopic (exact) mass is 259 g/mol. The Labute approximate surface area is 99.0 Å². The van der Waals surface area contributed by atoms with E-state index in [0.29, 0.717) is 5.56 Å². The number of aliphatic hydroxyl groups excluding tert-OH is 1. The molecule has 0 fully saturated rings. The van der Waals surface area contributed by atoms with Gasteiger partial charge in [-0.1, -0.05) is 19.1 Å². The van der Waals surface area contributed by atoms with Crippen molar-refractivity contribution in [3.05, 3.63) is 39.9 Å². The summed E-state index contributed by atoms with van der Waals surface area (Å²) < 4.78 is 23.3. The van der Waals surface area contributed by atoms with Crippen LogP contribution in [-0.4, -0.2) is 30.8 Å². The van der Waals surface area contributed by atoms with Gasteiger partial charge in [-0.3, -0.25) is 10.1 Å². The van der Waals surface area contributed by atoms with Gasteiger partial charge in [-0.2, -0.15) is 0 Å². The molecule has 0 aliphatic rings. The molecule has 1 atom stereocenters. The molecule has 0 heterocycles. The van der Waals surface area contributed by atoms with E-state index in [4.69, 9.17) is 5.11 Å². The second-order valence-electron chi connectivity index (χ2n) is 3.47. The molecule has 0 radical (unpaired) electrons. The molecule has 1 aromatic rings. The van der Waals surface area contributed by atoms with E-state index >= 15 is 0 Å².